The SMILES string of the molecule is O=C(CN1CC(=O)Oc2cc([N+](=O)[O-])ccc21)Nc1ccc(Cl)c(Cl)c1. The Morgan fingerprint density at radius 3 is 2.69 bits per heavy atom. The summed E-state index contributed by atoms with van der Waals surface area (Å²) in [6, 6.07) is 8.51. The number of hydrogen-bond donors (Lipinski definition) is 1. The van der Waals surface area contributed by atoms with Crippen LogP contribution in [0.3, 0.4) is 0 Å². The Hall–Kier alpha value is -2.84. The molecule has 0 aliphatic carbocycles. The Balaban J connectivity index is 1.77. The quantitative estimate of drug-likeness (QED) is 0.368. The molecular formula is C16H11Cl2N3O5. The van der Waals surface area contributed by atoms with E-state index in [0.717, 1.165) is 6.07 Å². The molecule has 134 valence electrons. The Kier molecular flexibility index (Phi) is 4.97. The maximum absolute atomic E-state index is 12.3. The summed E-state index contributed by atoms with van der Waals surface area (Å²) >= 11 is 11.7. The van der Waals surface area contributed by atoms with Gasteiger partial charge >= 0.3 is 5.97 Å². The van der Waals surface area contributed by atoms with E-state index >= 15 is 0 Å². The summed E-state index contributed by atoms with van der Waals surface area (Å²) in [5.74, 6) is -0.972. The summed E-state index contributed by atoms with van der Waals surface area (Å²) in [5.41, 5.74) is 0.658. The number of nitrogens with one attached hydrogen (secondary N) is 1. The van der Waals surface area contributed by atoms with Crippen molar-refractivity contribution in [3.8, 4) is 5.75 Å². The lowest BCUT2D eigenvalue weighted by atomic mass is 10.2. The van der Waals surface area contributed by atoms with Crippen LogP contribution in [-0.2, 0) is 9.59 Å². The highest BCUT2D eigenvalue weighted by Gasteiger charge is 2.27. The molecule has 8 nitrogen and oxygen atoms in total. The van der Waals surface area contributed by atoms with Gasteiger partial charge in [-0.1, -0.05) is 23.2 Å². The van der Waals surface area contributed by atoms with Crippen LogP contribution in [0.15, 0.2) is 36.4 Å². The standard InChI is InChI=1S/C16H11Cl2N3O5/c17-11-3-1-9(5-12(11)18)19-15(22)7-20-8-16(23)26-14-6-10(21(24)25)2-4-13(14)20/h1-6H,7-8H2,(H,19,22). The van der Waals surface area contributed by atoms with Gasteiger partial charge in [0.05, 0.1) is 33.3 Å². The number of esters is 1. The highest BCUT2D eigenvalue weighted by atomic mass is 35.5. The van der Waals surface area contributed by atoms with Gasteiger partial charge in [0.2, 0.25) is 5.91 Å². The lowest BCUT2D eigenvalue weighted by Crippen LogP contribution is -2.41. The second-order valence-corrected chi connectivity index (χ2v) is 6.23. The fraction of sp³-hybridized carbons (Fsp3) is 0.125. The van der Waals surface area contributed by atoms with Crippen LogP contribution >= 0.6 is 23.2 Å². The van der Waals surface area contributed by atoms with Gasteiger partial charge in [-0.25, -0.2) is 4.79 Å². The number of fused-ring (bicyclic) bond motifs is 1. The van der Waals surface area contributed by atoms with E-state index in [-0.39, 0.29) is 24.5 Å². The Bertz CT molecular complexity index is 919. The minimum absolute atomic E-state index is 0.0396. The molecule has 1 aliphatic heterocycles. The molecule has 1 heterocycles. The van der Waals surface area contributed by atoms with Crippen LogP contribution in [0.25, 0.3) is 0 Å². The molecule has 0 saturated heterocycles. The second-order valence-electron chi connectivity index (χ2n) is 5.42. The number of rotatable bonds is 4. The molecule has 1 amide bonds. The highest BCUT2D eigenvalue weighted by molar-refractivity contribution is 6.42. The number of nitrogens with zero attached hydrogens (tertiary/aromatic N) is 2. The van der Waals surface area contributed by atoms with Gasteiger partial charge in [0.25, 0.3) is 5.69 Å². The second kappa shape index (κ2) is 7.19. The van der Waals surface area contributed by atoms with E-state index in [1.807, 2.05) is 0 Å². The van der Waals surface area contributed by atoms with E-state index in [9.17, 15) is 19.7 Å². The number of carbonyl (C=O) groups excluding carboxylic acids is 2. The molecule has 0 radical (unpaired) electrons. The Morgan fingerprint density at radius 1 is 1.23 bits per heavy atom. The summed E-state index contributed by atoms with van der Waals surface area (Å²) in [6.07, 6.45) is 0. The molecule has 26 heavy (non-hydrogen) atoms. The molecule has 3 rings (SSSR count). The number of anilines is 2. The van der Waals surface area contributed by atoms with Gasteiger partial charge in [-0.2, -0.15) is 0 Å². The van der Waals surface area contributed by atoms with E-state index in [1.54, 1.807) is 12.1 Å². The number of nitro groups is 1. The monoisotopic (exact) mass is 395 g/mol. The molecule has 10 heteroatoms. The van der Waals surface area contributed by atoms with Crippen LogP contribution in [-0.4, -0.2) is 29.9 Å². The molecule has 0 unspecified atom stereocenters. The number of benzene rings is 2. The fourth-order valence-electron chi connectivity index (χ4n) is 2.44. The first-order valence-electron chi connectivity index (χ1n) is 7.32. The van der Waals surface area contributed by atoms with Gasteiger partial charge in [0.15, 0.2) is 5.75 Å². The lowest BCUT2D eigenvalue weighted by Gasteiger charge is -2.28. The molecule has 0 atom stereocenters. The zero-order valence-corrected chi connectivity index (χ0v) is 14.6. The van der Waals surface area contributed by atoms with Gasteiger partial charge in [-0.3, -0.25) is 14.9 Å². The van der Waals surface area contributed by atoms with Crippen LogP contribution in [0.4, 0.5) is 17.1 Å². The number of non-ortho nitro benzene ring substituents is 1. The normalized spacial score (nSPS) is 13.0. The molecule has 0 fully saturated rings. The Morgan fingerprint density at radius 2 is 2.00 bits per heavy atom. The highest BCUT2D eigenvalue weighted by Crippen LogP contribution is 2.35. The van der Waals surface area contributed by atoms with Gasteiger partial charge in [-0.15, -0.1) is 0 Å². The average Bonchev–Trinajstić information content (AvgIpc) is 2.57. The molecular weight excluding hydrogens is 385 g/mol. The first-order valence-corrected chi connectivity index (χ1v) is 8.08. The van der Waals surface area contributed by atoms with Crippen molar-refractivity contribution >= 4 is 52.1 Å². The minimum atomic E-state index is -0.611. The lowest BCUT2D eigenvalue weighted by molar-refractivity contribution is -0.384. The number of hydrogen-bond acceptors (Lipinski definition) is 6. The maximum atomic E-state index is 12.3. The van der Waals surface area contributed by atoms with Crippen molar-refractivity contribution in [2.45, 2.75) is 0 Å². The van der Waals surface area contributed by atoms with Crippen molar-refractivity contribution in [3.63, 3.8) is 0 Å². The first kappa shape index (κ1) is 18.0. The summed E-state index contributed by atoms with van der Waals surface area (Å²) < 4.78 is 5.03. The van der Waals surface area contributed by atoms with Gasteiger partial charge in [0.1, 0.15) is 6.54 Å². The number of amides is 1. The largest absolute Gasteiger partial charge is 0.423 e. The third-order valence-electron chi connectivity index (χ3n) is 3.58. The summed E-state index contributed by atoms with van der Waals surface area (Å²) in [6.45, 7) is -0.306. The predicted octanol–water partition coefficient (Wildman–Crippen LogP) is 3.27. The van der Waals surface area contributed by atoms with Gasteiger partial charge in [0, 0.05) is 11.8 Å². The smallest absolute Gasteiger partial charge is 0.331 e. The van der Waals surface area contributed by atoms with Crippen LogP contribution in [0.2, 0.25) is 10.0 Å². The maximum Gasteiger partial charge on any atom is 0.331 e. The van der Waals surface area contributed by atoms with Crippen LogP contribution in [0.1, 0.15) is 0 Å². The Labute approximate surface area is 157 Å². The third-order valence-corrected chi connectivity index (χ3v) is 4.32. The summed E-state index contributed by atoms with van der Waals surface area (Å²) in [5, 5.41) is 14.2. The van der Waals surface area contributed by atoms with E-state index in [2.05, 4.69) is 5.32 Å². The van der Waals surface area contributed by atoms with E-state index in [0.29, 0.717) is 21.4 Å². The van der Waals surface area contributed by atoms with E-state index in [4.69, 9.17) is 27.9 Å². The predicted molar refractivity (Wildman–Crippen MR) is 96.0 cm³/mol. The number of halogens is 2. The first-order chi connectivity index (χ1) is 12.3. The topological polar surface area (TPSA) is 102 Å². The van der Waals surface area contributed by atoms with E-state index < -0.39 is 16.8 Å². The third kappa shape index (κ3) is 3.87. The van der Waals surface area contributed by atoms with Crippen LogP contribution in [0, 0.1) is 10.1 Å². The number of carbonyl (C=O) groups is 2. The van der Waals surface area contributed by atoms with Gasteiger partial charge < -0.3 is 15.0 Å². The molecule has 1 aliphatic rings. The van der Waals surface area contributed by atoms with Crippen molar-refractivity contribution in [1.82, 2.24) is 0 Å². The zero-order valence-electron chi connectivity index (χ0n) is 13.1. The molecule has 1 N–H and O–H groups in total. The molecule has 0 spiro atoms. The van der Waals surface area contributed by atoms with E-state index in [1.165, 1.54) is 23.1 Å². The number of nitro benzene ring substituents is 1. The van der Waals surface area contributed by atoms with Crippen molar-refractivity contribution in [2.24, 2.45) is 0 Å². The molecule has 2 aromatic rings. The average molecular weight is 396 g/mol. The van der Waals surface area contributed by atoms with Crippen molar-refractivity contribution < 1.29 is 19.2 Å². The number of ether oxygens (including phenoxy) is 1. The zero-order chi connectivity index (χ0) is 18.8. The van der Waals surface area contributed by atoms with Crippen molar-refractivity contribution in [1.29, 1.82) is 0 Å². The van der Waals surface area contributed by atoms with Crippen molar-refractivity contribution in [3.05, 3.63) is 56.6 Å². The fourth-order valence-corrected chi connectivity index (χ4v) is 2.74. The molecule has 0 bridgehead atoms. The van der Waals surface area contributed by atoms with Crippen LogP contribution < -0.4 is 15.0 Å². The van der Waals surface area contributed by atoms with Crippen LogP contribution in [0.5, 0.6) is 5.75 Å². The molecule has 2 aromatic carbocycles. The van der Waals surface area contributed by atoms with Crippen molar-refractivity contribution in [2.75, 3.05) is 23.3 Å². The summed E-state index contributed by atoms with van der Waals surface area (Å²) in [7, 11) is 0. The molecule has 0 aromatic heterocycles. The molecule has 0 saturated carbocycles. The summed E-state index contributed by atoms with van der Waals surface area (Å²) in [4.78, 5) is 35.7. The van der Waals surface area contributed by atoms with Gasteiger partial charge in [-0.05, 0) is 24.3 Å². The minimum Gasteiger partial charge on any atom is -0.423 e.